The maximum atomic E-state index is 14.3. The predicted molar refractivity (Wildman–Crippen MR) is 168 cm³/mol. The summed E-state index contributed by atoms with van der Waals surface area (Å²) < 4.78 is 53.8. The third-order valence-corrected chi connectivity index (χ3v) is 11.7. The second kappa shape index (κ2) is 15.1. The maximum absolute atomic E-state index is 14.3. The van der Waals surface area contributed by atoms with Crippen LogP contribution in [0.2, 0.25) is 0 Å². The first-order chi connectivity index (χ1) is 22.9. The van der Waals surface area contributed by atoms with E-state index in [9.17, 15) is 36.8 Å². The second-order valence-corrected chi connectivity index (χ2v) is 15.3. The van der Waals surface area contributed by atoms with Gasteiger partial charge in [0.2, 0.25) is 11.8 Å². The standard InChI is InChI=1S/C33H41FN4O9S.Na/c1-46-28(39)14-20-8-5-3-2-4-6-10-22-16-33(22,31(42)36-48(44,45)24-12-13-24)35-29(40)27-15-23(18-38(27)30(20)41)47-32(43)37-17-21-9-7-11-26(34)25(21)19-37;/h6-7,9-11,20,22-24,27H,2-5,8,12-19H2,1H3,(H2,35,36,40,42);/q;+1/p-1/b10-6-;/t20-,22?,23-,27+,33-;/m1./s1. The van der Waals surface area contributed by atoms with Crippen molar-refractivity contribution >= 4 is 39.8 Å². The van der Waals surface area contributed by atoms with Crippen LogP contribution < -0.4 is 34.9 Å². The molecule has 5 aliphatic rings. The fourth-order valence-corrected chi connectivity index (χ4v) is 8.20. The molecular weight excluding hydrogens is 670 g/mol. The van der Waals surface area contributed by atoms with Gasteiger partial charge in [-0.1, -0.05) is 37.1 Å². The molecule has 0 bridgehead atoms. The Morgan fingerprint density at radius 2 is 1.88 bits per heavy atom. The van der Waals surface area contributed by atoms with Gasteiger partial charge in [0, 0.05) is 35.6 Å². The van der Waals surface area contributed by atoms with Crippen LogP contribution in [0.5, 0.6) is 0 Å². The van der Waals surface area contributed by atoms with E-state index in [0.717, 1.165) is 12.8 Å². The predicted octanol–water partition coefficient (Wildman–Crippen LogP) is 0.218. The molecule has 1 aromatic carbocycles. The van der Waals surface area contributed by atoms with Gasteiger partial charge in [-0.3, -0.25) is 19.3 Å². The molecule has 4 amide bonds. The third-order valence-electron chi connectivity index (χ3n) is 9.98. The molecule has 1 saturated heterocycles. The summed E-state index contributed by atoms with van der Waals surface area (Å²) in [6.45, 7) is -0.00642. The van der Waals surface area contributed by atoms with Crippen LogP contribution >= 0.6 is 0 Å². The quantitative estimate of drug-likeness (QED) is 0.247. The molecule has 0 radical (unpaired) electrons. The molecule has 260 valence electrons. The Morgan fingerprint density at radius 1 is 1.10 bits per heavy atom. The molecule has 13 nitrogen and oxygen atoms in total. The van der Waals surface area contributed by atoms with E-state index in [4.69, 9.17) is 9.47 Å². The van der Waals surface area contributed by atoms with E-state index in [1.807, 2.05) is 6.08 Å². The van der Waals surface area contributed by atoms with Crippen molar-refractivity contribution in [3.05, 3.63) is 52.0 Å². The van der Waals surface area contributed by atoms with Crippen molar-refractivity contribution < 1.29 is 75.8 Å². The average Bonchev–Trinajstić information content (AvgIpc) is 3.93. The van der Waals surface area contributed by atoms with Crippen molar-refractivity contribution in [3.63, 3.8) is 0 Å². The number of methoxy groups -OCH3 is 1. The minimum atomic E-state index is -4.02. The first-order valence-corrected chi connectivity index (χ1v) is 18.0. The molecule has 3 aliphatic heterocycles. The molecular formula is C33H40FN4NaO9S. The Balaban J connectivity index is 0.00000468. The number of carbonyl (C=O) groups is 5. The minimum absolute atomic E-state index is 0. The first-order valence-electron chi connectivity index (χ1n) is 16.5. The summed E-state index contributed by atoms with van der Waals surface area (Å²) >= 11 is 0. The van der Waals surface area contributed by atoms with Crippen LogP contribution in [0.1, 0.15) is 75.3 Å². The van der Waals surface area contributed by atoms with Crippen molar-refractivity contribution in [3.8, 4) is 0 Å². The van der Waals surface area contributed by atoms with Crippen molar-refractivity contribution in [1.82, 2.24) is 15.1 Å². The Morgan fingerprint density at radius 3 is 2.59 bits per heavy atom. The Hall–Kier alpha value is -3.01. The van der Waals surface area contributed by atoms with Crippen molar-refractivity contribution in [2.45, 2.75) is 100 Å². The number of carbonyl (C=O) groups excluding carboxylic acids is 5. The Labute approximate surface area is 307 Å². The van der Waals surface area contributed by atoms with Gasteiger partial charge in [-0.25, -0.2) is 17.6 Å². The molecule has 0 aromatic heterocycles. The molecule has 2 saturated carbocycles. The van der Waals surface area contributed by atoms with Gasteiger partial charge in [0.1, 0.15) is 18.0 Å². The SMILES string of the molecule is COC(=O)C[C@H]1CCCCC/C=C\C2C[C@@]2(C(=O)[N-]S(=O)(=O)C2CC2)NC(=O)[C@@H]2C[C@@H](OC(=O)N3Cc4cccc(F)c4C3)CN2C1=O.[Na+]. The molecule has 6 rings (SSSR count). The molecule has 3 heterocycles. The smallest absolute Gasteiger partial charge is 0.544 e. The Kier molecular flexibility index (Phi) is 11.5. The maximum Gasteiger partial charge on any atom is 1.00 e. The zero-order valence-electron chi connectivity index (χ0n) is 27.8. The zero-order chi connectivity index (χ0) is 34.2. The van der Waals surface area contributed by atoms with E-state index in [2.05, 4.69) is 10.0 Å². The number of amides is 4. The molecule has 16 heteroatoms. The molecule has 1 aromatic rings. The number of nitrogens with one attached hydrogen (secondary N) is 1. The minimum Gasteiger partial charge on any atom is -0.544 e. The number of fused-ring (bicyclic) bond motifs is 3. The Bertz CT molecular complexity index is 1640. The number of rotatable bonds is 6. The summed E-state index contributed by atoms with van der Waals surface area (Å²) in [7, 11) is -2.80. The van der Waals surface area contributed by atoms with Gasteiger partial charge in [-0.2, -0.15) is 0 Å². The topological polar surface area (TPSA) is 171 Å². The van der Waals surface area contributed by atoms with Gasteiger partial charge in [-0.05, 0) is 50.2 Å². The normalized spacial score (nSPS) is 29.1. The summed E-state index contributed by atoms with van der Waals surface area (Å²) in [5, 5.41) is 2.05. The van der Waals surface area contributed by atoms with E-state index < -0.39 is 80.4 Å². The van der Waals surface area contributed by atoms with E-state index in [1.165, 1.54) is 23.0 Å². The van der Waals surface area contributed by atoms with Crippen LogP contribution in [0, 0.1) is 17.7 Å². The molecule has 1 unspecified atom stereocenters. The van der Waals surface area contributed by atoms with Crippen LogP contribution in [0.15, 0.2) is 30.4 Å². The summed E-state index contributed by atoms with van der Waals surface area (Å²) in [5.74, 6) is -4.46. The number of esters is 1. The number of hydrogen-bond donors (Lipinski definition) is 1. The van der Waals surface area contributed by atoms with E-state index in [0.29, 0.717) is 43.2 Å². The van der Waals surface area contributed by atoms with Crippen molar-refractivity contribution in [2.24, 2.45) is 11.8 Å². The van der Waals surface area contributed by atoms with Crippen molar-refractivity contribution in [2.75, 3.05) is 13.7 Å². The number of benzene rings is 1. The summed E-state index contributed by atoms with van der Waals surface area (Å²) in [5.41, 5.74) is -0.537. The van der Waals surface area contributed by atoms with Crippen LogP contribution in [0.3, 0.4) is 0 Å². The van der Waals surface area contributed by atoms with Gasteiger partial charge < -0.3 is 29.2 Å². The fraction of sp³-hybridized carbons (Fsp3) is 0.606. The summed E-state index contributed by atoms with van der Waals surface area (Å²) in [4.78, 5) is 69.8. The van der Waals surface area contributed by atoms with Gasteiger partial charge in [-0.15, -0.1) is 0 Å². The van der Waals surface area contributed by atoms with Crippen LogP contribution in [0.25, 0.3) is 4.72 Å². The van der Waals surface area contributed by atoms with E-state index in [1.54, 1.807) is 18.2 Å². The first kappa shape index (κ1) is 37.3. The summed E-state index contributed by atoms with van der Waals surface area (Å²) in [6, 6.07) is 3.41. The monoisotopic (exact) mass is 710 g/mol. The number of ether oxygens (including phenoxy) is 2. The number of nitrogens with zero attached hydrogens (tertiary/aromatic N) is 3. The molecule has 2 aliphatic carbocycles. The van der Waals surface area contributed by atoms with E-state index >= 15 is 0 Å². The number of hydrogen-bond acceptors (Lipinski definition) is 9. The second-order valence-electron chi connectivity index (χ2n) is 13.4. The average molecular weight is 711 g/mol. The van der Waals surface area contributed by atoms with Crippen LogP contribution in [-0.4, -0.2) is 84.6 Å². The van der Waals surface area contributed by atoms with Crippen LogP contribution in [0.4, 0.5) is 9.18 Å². The number of sulfonamides is 1. The zero-order valence-corrected chi connectivity index (χ0v) is 30.6. The molecule has 1 N–H and O–H groups in total. The molecule has 3 fully saturated rings. The largest absolute Gasteiger partial charge is 1.00 e. The van der Waals surface area contributed by atoms with Crippen LogP contribution in [-0.2, 0) is 51.8 Å². The van der Waals surface area contributed by atoms with Gasteiger partial charge in [0.05, 0.1) is 48.1 Å². The molecule has 5 atom stereocenters. The fourth-order valence-electron chi connectivity index (χ4n) is 6.93. The van der Waals surface area contributed by atoms with Crippen molar-refractivity contribution in [1.29, 1.82) is 0 Å². The molecule has 0 spiro atoms. The molecule has 49 heavy (non-hydrogen) atoms. The van der Waals surface area contributed by atoms with Gasteiger partial charge in [0.25, 0.3) is 0 Å². The third kappa shape index (κ3) is 8.15. The van der Waals surface area contributed by atoms with Gasteiger partial charge in [0.15, 0.2) is 0 Å². The summed E-state index contributed by atoms with van der Waals surface area (Å²) in [6.07, 6.45) is 5.96. The number of allylic oxidation sites excluding steroid dienone is 1. The number of halogens is 1. The van der Waals surface area contributed by atoms with E-state index in [-0.39, 0.29) is 68.5 Å². The van der Waals surface area contributed by atoms with Gasteiger partial charge >= 0.3 is 41.6 Å².